The first-order valence-corrected chi connectivity index (χ1v) is 4.45. The van der Waals surface area contributed by atoms with Crippen molar-refractivity contribution in [2.75, 3.05) is 6.61 Å². The zero-order valence-corrected chi connectivity index (χ0v) is 8.21. The van der Waals surface area contributed by atoms with Crippen molar-refractivity contribution in [3.63, 3.8) is 0 Å². The third-order valence-electron chi connectivity index (χ3n) is 1.87. The van der Waals surface area contributed by atoms with E-state index in [0.717, 1.165) is 17.6 Å². The fourth-order valence-electron chi connectivity index (χ4n) is 0.895. The fraction of sp³-hybridized carbons (Fsp3) is 0.364. The van der Waals surface area contributed by atoms with Crippen LogP contribution in [-0.2, 0) is 0 Å². The van der Waals surface area contributed by atoms with Gasteiger partial charge in [0.1, 0.15) is 6.61 Å². The van der Waals surface area contributed by atoms with Gasteiger partial charge in [0, 0.05) is 11.8 Å². The molecule has 1 heterocycles. The summed E-state index contributed by atoms with van der Waals surface area (Å²) in [6, 6.07) is 3.88. The van der Waals surface area contributed by atoms with Crippen LogP contribution in [0, 0.1) is 6.92 Å². The van der Waals surface area contributed by atoms with Crippen molar-refractivity contribution in [1.29, 1.82) is 0 Å². The smallest absolute Gasteiger partial charge is 0.216 e. The van der Waals surface area contributed by atoms with Gasteiger partial charge in [0.25, 0.3) is 0 Å². The van der Waals surface area contributed by atoms with E-state index in [1.54, 1.807) is 6.20 Å². The molecular formula is C11H15NO. The number of hydrogen-bond acceptors (Lipinski definition) is 2. The van der Waals surface area contributed by atoms with E-state index < -0.39 is 0 Å². The largest absolute Gasteiger partial charge is 0.473 e. The zero-order chi connectivity index (χ0) is 9.68. The van der Waals surface area contributed by atoms with Crippen molar-refractivity contribution in [2.45, 2.75) is 20.3 Å². The van der Waals surface area contributed by atoms with Crippen LogP contribution in [0.15, 0.2) is 30.5 Å². The second-order valence-corrected chi connectivity index (χ2v) is 3.02. The zero-order valence-electron chi connectivity index (χ0n) is 8.21. The van der Waals surface area contributed by atoms with Gasteiger partial charge in [-0.05, 0) is 25.0 Å². The van der Waals surface area contributed by atoms with Crippen LogP contribution >= 0.6 is 0 Å². The van der Waals surface area contributed by atoms with Gasteiger partial charge >= 0.3 is 0 Å². The van der Waals surface area contributed by atoms with E-state index in [9.17, 15) is 0 Å². The Morgan fingerprint density at radius 1 is 1.62 bits per heavy atom. The van der Waals surface area contributed by atoms with E-state index in [1.165, 1.54) is 0 Å². The number of ether oxygens (including phenoxy) is 1. The van der Waals surface area contributed by atoms with Crippen molar-refractivity contribution in [3.8, 4) is 5.88 Å². The van der Waals surface area contributed by atoms with Crippen LogP contribution in [-0.4, -0.2) is 11.6 Å². The summed E-state index contributed by atoms with van der Waals surface area (Å²) >= 11 is 0. The maximum absolute atomic E-state index is 5.48. The third-order valence-corrected chi connectivity index (χ3v) is 1.87. The topological polar surface area (TPSA) is 22.1 Å². The van der Waals surface area contributed by atoms with Crippen LogP contribution in [0.1, 0.15) is 18.9 Å². The predicted molar refractivity (Wildman–Crippen MR) is 53.9 cm³/mol. The van der Waals surface area contributed by atoms with Gasteiger partial charge in [0.2, 0.25) is 5.88 Å². The lowest BCUT2D eigenvalue weighted by molar-refractivity contribution is 0.333. The molecule has 0 atom stereocenters. The molecule has 70 valence electrons. The van der Waals surface area contributed by atoms with Gasteiger partial charge in [-0.3, -0.25) is 0 Å². The van der Waals surface area contributed by atoms with E-state index in [4.69, 9.17) is 4.74 Å². The summed E-state index contributed by atoms with van der Waals surface area (Å²) in [5.74, 6) is 0.706. The van der Waals surface area contributed by atoms with Crippen molar-refractivity contribution in [1.82, 2.24) is 4.98 Å². The lowest BCUT2D eigenvalue weighted by Crippen LogP contribution is -2.02. The Kier molecular flexibility index (Phi) is 3.50. The summed E-state index contributed by atoms with van der Waals surface area (Å²) in [7, 11) is 0. The highest BCUT2D eigenvalue weighted by Crippen LogP contribution is 2.13. The monoisotopic (exact) mass is 177 g/mol. The van der Waals surface area contributed by atoms with Crippen molar-refractivity contribution < 1.29 is 4.74 Å². The highest BCUT2D eigenvalue weighted by molar-refractivity contribution is 5.23. The highest BCUT2D eigenvalue weighted by atomic mass is 16.5. The normalized spacial score (nSPS) is 9.69. The second kappa shape index (κ2) is 4.65. The quantitative estimate of drug-likeness (QED) is 0.660. The van der Waals surface area contributed by atoms with Crippen molar-refractivity contribution in [2.24, 2.45) is 0 Å². The molecule has 2 heteroatoms. The number of rotatable bonds is 4. The average Bonchev–Trinajstić information content (AvgIpc) is 2.16. The standard InChI is InChI=1S/C11H15NO/c1-4-9(2)8-13-11-10(3)6-5-7-12-11/h5-7H,2,4,8H2,1,3H3. The SMILES string of the molecule is C=C(CC)COc1ncccc1C. The van der Waals surface area contributed by atoms with Gasteiger partial charge in [0.05, 0.1) is 0 Å². The molecule has 0 aliphatic carbocycles. The minimum atomic E-state index is 0.564. The molecule has 0 saturated carbocycles. The molecule has 0 fully saturated rings. The minimum Gasteiger partial charge on any atom is -0.473 e. The summed E-state index contributed by atoms with van der Waals surface area (Å²) in [5, 5.41) is 0. The van der Waals surface area contributed by atoms with Gasteiger partial charge in [0.15, 0.2) is 0 Å². The molecule has 0 aliphatic heterocycles. The van der Waals surface area contributed by atoms with Crippen LogP contribution in [0.25, 0.3) is 0 Å². The van der Waals surface area contributed by atoms with E-state index in [-0.39, 0.29) is 0 Å². The van der Waals surface area contributed by atoms with Crippen molar-refractivity contribution >= 4 is 0 Å². The molecular weight excluding hydrogens is 162 g/mol. The molecule has 2 nitrogen and oxygen atoms in total. The molecule has 13 heavy (non-hydrogen) atoms. The van der Waals surface area contributed by atoms with Gasteiger partial charge < -0.3 is 4.74 Å². The Morgan fingerprint density at radius 3 is 3.00 bits per heavy atom. The van der Waals surface area contributed by atoms with E-state index >= 15 is 0 Å². The van der Waals surface area contributed by atoms with Crippen molar-refractivity contribution in [3.05, 3.63) is 36.0 Å². The van der Waals surface area contributed by atoms with Crippen LogP contribution in [0.5, 0.6) is 5.88 Å². The first-order chi connectivity index (χ1) is 6.24. The Labute approximate surface area is 79.3 Å². The second-order valence-electron chi connectivity index (χ2n) is 3.02. The molecule has 0 N–H and O–H groups in total. The molecule has 0 radical (unpaired) electrons. The third kappa shape index (κ3) is 2.90. The first-order valence-electron chi connectivity index (χ1n) is 4.45. The molecule has 0 saturated heterocycles. The summed E-state index contributed by atoms with van der Waals surface area (Å²) in [5.41, 5.74) is 2.15. The number of aromatic nitrogens is 1. The lowest BCUT2D eigenvalue weighted by atomic mass is 10.2. The Balaban J connectivity index is 2.54. The minimum absolute atomic E-state index is 0.564. The number of nitrogens with zero attached hydrogens (tertiary/aromatic N) is 1. The highest BCUT2D eigenvalue weighted by Gasteiger charge is 1.99. The van der Waals surface area contributed by atoms with Crippen LogP contribution < -0.4 is 4.74 Å². The van der Waals surface area contributed by atoms with E-state index in [0.29, 0.717) is 12.5 Å². The Hall–Kier alpha value is -1.31. The maximum atomic E-state index is 5.48. The average molecular weight is 177 g/mol. The summed E-state index contributed by atoms with van der Waals surface area (Å²) in [4.78, 5) is 4.12. The molecule has 0 spiro atoms. The number of hydrogen-bond donors (Lipinski definition) is 0. The van der Waals surface area contributed by atoms with Gasteiger partial charge in [-0.15, -0.1) is 0 Å². The lowest BCUT2D eigenvalue weighted by Gasteiger charge is -2.07. The number of pyridine rings is 1. The van der Waals surface area contributed by atoms with E-state index in [2.05, 4.69) is 18.5 Å². The van der Waals surface area contributed by atoms with Crippen LogP contribution in [0.3, 0.4) is 0 Å². The molecule has 0 aromatic carbocycles. The summed E-state index contributed by atoms with van der Waals surface area (Å²) < 4.78 is 5.48. The van der Waals surface area contributed by atoms with Gasteiger partial charge in [-0.2, -0.15) is 0 Å². The Bertz CT molecular complexity index is 294. The number of aryl methyl sites for hydroxylation is 1. The predicted octanol–water partition coefficient (Wildman–Crippen LogP) is 2.74. The molecule has 0 aliphatic rings. The molecule has 0 unspecified atom stereocenters. The first kappa shape index (κ1) is 9.78. The molecule has 0 amide bonds. The van der Waals surface area contributed by atoms with Crippen LogP contribution in [0.4, 0.5) is 0 Å². The summed E-state index contributed by atoms with van der Waals surface area (Å²) in [6.45, 7) is 8.48. The van der Waals surface area contributed by atoms with Crippen LogP contribution in [0.2, 0.25) is 0 Å². The van der Waals surface area contributed by atoms with Gasteiger partial charge in [-0.25, -0.2) is 4.98 Å². The Morgan fingerprint density at radius 2 is 2.38 bits per heavy atom. The molecule has 0 bridgehead atoms. The molecule has 1 rings (SSSR count). The summed E-state index contributed by atoms with van der Waals surface area (Å²) in [6.07, 6.45) is 2.68. The van der Waals surface area contributed by atoms with E-state index in [1.807, 2.05) is 19.1 Å². The molecule has 1 aromatic heterocycles. The maximum Gasteiger partial charge on any atom is 0.216 e. The fourth-order valence-corrected chi connectivity index (χ4v) is 0.895. The van der Waals surface area contributed by atoms with Gasteiger partial charge in [-0.1, -0.05) is 19.6 Å². The molecule has 1 aromatic rings.